The predicted molar refractivity (Wildman–Crippen MR) is 97.2 cm³/mol. The van der Waals surface area contributed by atoms with Gasteiger partial charge in [0.25, 0.3) is 11.5 Å². The fraction of sp³-hybridized carbons (Fsp3) is 0.100. The van der Waals surface area contributed by atoms with Crippen LogP contribution in [0.4, 0.5) is 10.1 Å². The normalized spacial score (nSPS) is 10.4. The number of amides is 1. The molecule has 0 saturated carbocycles. The first-order chi connectivity index (χ1) is 12.6. The third-order valence-electron chi connectivity index (χ3n) is 3.85. The van der Waals surface area contributed by atoms with Crippen molar-refractivity contribution in [3.8, 4) is 5.75 Å². The number of ether oxygens (including phenoxy) is 1. The Labute approximate surface area is 149 Å². The Morgan fingerprint density at radius 2 is 1.88 bits per heavy atom. The van der Waals surface area contributed by atoms with E-state index in [4.69, 9.17) is 4.74 Å². The molecule has 0 bridgehead atoms. The summed E-state index contributed by atoms with van der Waals surface area (Å²) in [4.78, 5) is 25.0. The fourth-order valence-corrected chi connectivity index (χ4v) is 2.54. The number of halogens is 1. The number of benzene rings is 2. The van der Waals surface area contributed by atoms with Crippen LogP contribution in [0.1, 0.15) is 15.9 Å². The molecular formula is C20H17FN2O3. The summed E-state index contributed by atoms with van der Waals surface area (Å²) in [6.45, 7) is 0.181. The minimum atomic E-state index is -0.506. The fourth-order valence-electron chi connectivity index (χ4n) is 2.54. The smallest absolute Gasteiger partial charge is 0.263 e. The molecule has 1 aromatic heterocycles. The molecule has 0 aliphatic rings. The van der Waals surface area contributed by atoms with Crippen LogP contribution in [0.2, 0.25) is 0 Å². The second-order valence-electron chi connectivity index (χ2n) is 5.67. The van der Waals surface area contributed by atoms with Crippen molar-refractivity contribution in [3.63, 3.8) is 0 Å². The highest BCUT2D eigenvalue weighted by molar-refractivity contribution is 6.04. The van der Waals surface area contributed by atoms with E-state index >= 15 is 0 Å². The van der Waals surface area contributed by atoms with Gasteiger partial charge in [-0.05, 0) is 54.1 Å². The van der Waals surface area contributed by atoms with Gasteiger partial charge in [-0.15, -0.1) is 0 Å². The lowest BCUT2D eigenvalue weighted by molar-refractivity contribution is 0.102. The number of nitrogens with one attached hydrogen (secondary N) is 1. The molecule has 3 aromatic rings. The number of hydrogen-bond acceptors (Lipinski definition) is 3. The van der Waals surface area contributed by atoms with Crippen molar-refractivity contribution in [1.29, 1.82) is 0 Å². The molecule has 0 fully saturated rings. The van der Waals surface area contributed by atoms with Gasteiger partial charge in [-0.25, -0.2) is 4.39 Å². The monoisotopic (exact) mass is 352 g/mol. The summed E-state index contributed by atoms with van der Waals surface area (Å²) in [6, 6.07) is 15.9. The van der Waals surface area contributed by atoms with E-state index < -0.39 is 11.5 Å². The summed E-state index contributed by atoms with van der Waals surface area (Å²) in [5, 5.41) is 2.68. The van der Waals surface area contributed by atoms with Crippen LogP contribution in [0.25, 0.3) is 0 Å². The quantitative estimate of drug-likeness (QED) is 0.766. The number of anilines is 1. The molecule has 1 N–H and O–H groups in total. The molecule has 6 heteroatoms. The Morgan fingerprint density at radius 1 is 1.12 bits per heavy atom. The molecule has 0 spiro atoms. The average molecular weight is 352 g/mol. The molecule has 26 heavy (non-hydrogen) atoms. The molecule has 5 nitrogen and oxygen atoms in total. The van der Waals surface area contributed by atoms with Crippen LogP contribution < -0.4 is 15.6 Å². The molecular weight excluding hydrogens is 335 g/mol. The largest absolute Gasteiger partial charge is 0.497 e. The van der Waals surface area contributed by atoms with Crippen molar-refractivity contribution in [2.24, 2.45) is 0 Å². The van der Waals surface area contributed by atoms with Gasteiger partial charge in [-0.3, -0.25) is 9.59 Å². The standard InChI is InChI=1S/C20H17FN2O3/c1-26-17-9-7-16(8-10-17)22-19(24)18-6-3-11-23(20(18)25)13-14-4-2-5-15(21)12-14/h2-12H,13H2,1H3,(H,22,24). The number of methoxy groups -OCH3 is 1. The van der Waals surface area contributed by atoms with Crippen LogP contribution in [-0.2, 0) is 6.54 Å². The summed E-state index contributed by atoms with van der Waals surface area (Å²) in [5.41, 5.74) is 0.762. The van der Waals surface area contributed by atoms with Gasteiger partial charge >= 0.3 is 0 Å². The number of aromatic nitrogens is 1. The maximum Gasteiger partial charge on any atom is 0.263 e. The number of carbonyl (C=O) groups excluding carboxylic acids is 1. The summed E-state index contributed by atoms with van der Waals surface area (Å²) < 4.78 is 19.8. The van der Waals surface area contributed by atoms with Crippen LogP contribution in [-0.4, -0.2) is 17.6 Å². The van der Waals surface area contributed by atoms with Crippen LogP contribution in [0.5, 0.6) is 5.75 Å². The molecule has 1 heterocycles. The molecule has 0 unspecified atom stereocenters. The van der Waals surface area contributed by atoms with Crippen molar-refractivity contribution in [2.45, 2.75) is 6.54 Å². The van der Waals surface area contributed by atoms with Gasteiger partial charge in [0.2, 0.25) is 0 Å². The lowest BCUT2D eigenvalue weighted by atomic mass is 10.2. The third kappa shape index (κ3) is 3.97. The van der Waals surface area contributed by atoms with E-state index in [1.165, 1.54) is 22.8 Å². The number of pyridine rings is 1. The van der Waals surface area contributed by atoms with Crippen molar-refractivity contribution >= 4 is 11.6 Å². The molecule has 1 amide bonds. The van der Waals surface area contributed by atoms with Crippen LogP contribution in [0.3, 0.4) is 0 Å². The van der Waals surface area contributed by atoms with E-state index in [1.54, 1.807) is 55.8 Å². The highest BCUT2D eigenvalue weighted by atomic mass is 19.1. The minimum Gasteiger partial charge on any atom is -0.497 e. The van der Waals surface area contributed by atoms with E-state index in [-0.39, 0.29) is 17.9 Å². The van der Waals surface area contributed by atoms with Crippen molar-refractivity contribution in [2.75, 3.05) is 12.4 Å². The van der Waals surface area contributed by atoms with Crippen molar-refractivity contribution in [3.05, 3.63) is 94.2 Å². The average Bonchev–Trinajstić information content (AvgIpc) is 2.64. The molecule has 132 valence electrons. The SMILES string of the molecule is COc1ccc(NC(=O)c2cccn(Cc3cccc(F)c3)c2=O)cc1. The topological polar surface area (TPSA) is 60.3 Å². The van der Waals surface area contributed by atoms with E-state index in [2.05, 4.69) is 5.32 Å². The van der Waals surface area contributed by atoms with Gasteiger partial charge < -0.3 is 14.6 Å². The predicted octanol–water partition coefficient (Wildman–Crippen LogP) is 3.30. The maximum atomic E-state index is 13.3. The van der Waals surface area contributed by atoms with E-state index in [1.807, 2.05) is 0 Å². The highest BCUT2D eigenvalue weighted by Gasteiger charge is 2.13. The summed E-state index contributed by atoms with van der Waals surface area (Å²) >= 11 is 0. The Hall–Kier alpha value is -3.41. The molecule has 0 saturated heterocycles. The zero-order valence-corrected chi connectivity index (χ0v) is 14.1. The summed E-state index contributed by atoms with van der Waals surface area (Å²) in [6.07, 6.45) is 1.57. The van der Waals surface area contributed by atoms with Gasteiger partial charge in [0.15, 0.2) is 0 Å². The summed E-state index contributed by atoms with van der Waals surface area (Å²) in [5.74, 6) is -0.210. The third-order valence-corrected chi connectivity index (χ3v) is 3.85. The summed E-state index contributed by atoms with van der Waals surface area (Å²) in [7, 11) is 1.55. The van der Waals surface area contributed by atoms with Gasteiger partial charge in [0.1, 0.15) is 17.1 Å². The first-order valence-corrected chi connectivity index (χ1v) is 7.96. The molecule has 0 aliphatic heterocycles. The van der Waals surface area contributed by atoms with Gasteiger partial charge in [-0.2, -0.15) is 0 Å². The Morgan fingerprint density at radius 3 is 2.58 bits per heavy atom. The Kier molecular flexibility index (Phi) is 5.12. The molecule has 2 aromatic carbocycles. The lowest BCUT2D eigenvalue weighted by Gasteiger charge is -2.09. The van der Waals surface area contributed by atoms with E-state index in [0.29, 0.717) is 17.0 Å². The second-order valence-corrected chi connectivity index (χ2v) is 5.67. The van der Waals surface area contributed by atoms with Crippen molar-refractivity contribution < 1.29 is 13.9 Å². The highest BCUT2D eigenvalue weighted by Crippen LogP contribution is 2.15. The minimum absolute atomic E-state index is 0.0136. The molecule has 0 atom stereocenters. The number of carbonyl (C=O) groups is 1. The van der Waals surface area contributed by atoms with E-state index in [9.17, 15) is 14.0 Å². The van der Waals surface area contributed by atoms with Gasteiger partial charge in [0, 0.05) is 11.9 Å². The van der Waals surface area contributed by atoms with Crippen LogP contribution in [0, 0.1) is 5.82 Å². The van der Waals surface area contributed by atoms with Crippen LogP contribution >= 0.6 is 0 Å². The maximum absolute atomic E-state index is 13.3. The first kappa shape index (κ1) is 17.4. The van der Waals surface area contributed by atoms with E-state index in [0.717, 1.165) is 0 Å². The van der Waals surface area contributed by atoms with Gasteiger partial charge in [-0.1, -0.05) is 12.1 Å². The Balaban J connectivity index is 1.81. The second kappa shape index (κ2) is 7.65. The zero-order valence-electron chi connectivity index (χ0n) is 14.1. The molecule has 0 aliphatic carbocycles. The molecule has 3 rings (SSSR count). The number of rotatable bonds is 5. The lowest BCUT2D eigenvalue weighted by Crippen LogP contribution is -2.29. The zero-order chi connectivity index (χ0) is 18.5. The number of hydrogen-bond donors (Lipinski definition) is 1. The Bertz CT molecular complexity index is 981. The number of nitrogens with zero attached hydrogens (tertiary/aromatic N) is 1. The first-order valence-electron chi connectivity index (χ1n) is 7.96. The van der Waals surface area contributed by atoms with Crippen molar-refractivity contribution in [1.82, 2.24) is 4.57 Å². The van der Waals surface area contributed by atoms with Gasteiger partial charge in [0.05, 0.1) is 13.7 Å². The van der Waals surface area contributed by atoms with Crippen LogP contribution in [0.15, 0.2) is 71.7 Å². The molecule has 0 radical (unpaired) electrons.